The summed E-state index contributed by atoms with van der Waals surface area (Å²) in [5.74, 6) is 1.05. The summed E-state index contributed by atoms with van der Waals surface area (Å²) in [5, 5.41) is 8.97. The highest BCUT2D eigenvalue weighted by Gasteiger charge is 2.23. The smallest absolute Gasteiger partial charge is 0.407 e. The molecule has 0 bridgehead atoms. The van der Waals surface area contributed by atoms with E-state index < -0.39 is 6.09 Å². The van der Waals surface area contributed by atoms with Gasteiger partial charge in [0, 0.05) is 32.1 Å². The lowest BCUT2D eigenvalue weighted by molar-refractivity contribution is 0.0254. The number of likely N-dealkylation sites (tertiary alicyclic amines) is 1. The maximum Gasteiger partial charge on any atom is 0.407 e. The van der Waals surface area contributed by atoms with Gasteiger partial charge in [-0.2, -0.15) is 0 Å². The predicted molar refractivity (Wildman–Crippen MR) is 85.4 cm³/mol. The van der Waals surface area contributed by atoms with Crippen LogP contribution in [0.4, 0.5) is 4.79 Å². The van der Waals surface area contributed by atoms with Gasteiger partial charge in [-0.05, 0) is 24.0 Å². The maximum absolute atomic E-state index is 10.9. The number of hydrogen-bond acceptors (Lipinski definition) is 4. The van der Waals surface area contributed by atoms with Crippen molar-refractivity contribution in [2.75, 3.05) is 26.3 Å². The van der Waals surface area contributed by atoms with Crippen molar-refractivity contribution in [2.24, 2.45) is 5.92 Å². The minimum Gasteiger partial charge on any atom is -0.489 e. The van der Waals surface area contributed by atoms with Crippen molar-refractivity contribution in [2.45, 2.75) is 25.4 Å². The first-order valence-corrected chi connectivity index (χ1v) is 8.06. The van der Waals surface area contributed by atoms with Gasteiger partial charge in [-0.15, -0.1) is 0 Å². The monoisotopic (exact) mass is 318 g/mol. The van der Waals surface area contributed by atoms with Crippen LogP contribution in [0.2, 0.25) is 0 Å². The van der Waals surface area contributed by atoms with E-state index in [1.165, 1.54) is 4.90 Å². The molecule has 0 saturated carbocycles. The molecule has 0 aliphatic carbocycles. The molecule has 0 radical (unpaired) electrons. The van der Waals surface area contributed by atoms with Gasteiger partial charge in [-0.25, -0.2) is 4.79 Å². The lowest BCUT2D eigenvalue weighted by Crippen LogP contribution is -2.26. The van der Waals surface area contributed by atoms with Crippen molar-refractivity contribution in [3.63, 3.8) is 0 Å². The highest BCUT2D eigenvalue weighted by Crippen LogP contribution is 2.21. The van der Waals surface area contributed by atoms with Crippen LogP contribution in [0.25, 0.3) is 6.08 Å². The predicted octanol–water partition coefficient (Wildman–Crippen LogP) is 2.65. The number of rotatable bonds is 4. The van der Waals surface area contributed by atoms with Crippen LogP contribution in [0, 0.1) is 5.92 Å². The molecule has 0 aromatic carbocycles. The van der Waals surface area contributed by atoms with Crippen LogP contribution in [-0.4, -0.2) is 53.5 Å². The molecule has 124 valence electrons. The van der Waals surface area contributed by atoms with Crippen molar-refractivity contribution < 1.29 is 19.4 Å². The number of ether oxygens (including phenoxy) is 2. The molecule has 3 rings (SSSR count). The summed E-state index contributed by atoms with van der Waals surface area (Å²) in [6, 6.07) is 1.98. The van der Waals surface area contributed by atoms with E-state index in [-0.39, 0.29) is 12.0 Å². The molecule has 1 aromatic rings. The second-order valence-corrected chi connectivity index (χ2v) is 6.02. The van der Waals surface area contributed by atoms with E-state index in [1.807, 2.05) is 12.1 Å². The zero-order valence-corrected chi connectivity index (χ0v) is 13.1. The average molecular weight is 318 g/mol. The number of hydrogen-bond donors (Lipinski definition) is 1. The molecule has 23 heavy (non-hydrogen) atoms. The lowest BCUT2D eigenvalue weighted by atomic mass is 10.1. The van der Waals surface area contributed by atoms with Gasteiger partial charge in [0.05, 0.1) is 19.4 Å². The van der Waals surface area contributed by atoms with Gasteiger partial charge in [0.25, 0.3) is 0 Å². The van der Waals surface area contributed by atoms with E-state index in [4.69, 9.17) is 14.6 Å². The Labute approximate surface area is 135 Å². The minimum absolute atomic E-state index is 0.198. The number of aromatic nitrogens is 1. The third-order valence-corrected chi connectivity index (χ3v) is 4.26. The van der Waals surface area contributed by atoms with Gasteiger partial charge in [-0.3, -0.25) is 4.98 Å². The van der Waals surface area contributed by atoms with Crippen LogP contribution >= 0.6 is 0 Å². The van der Waals surface area contributed by atoms with Crippen LogP contribution in [0.15, 0.2) is 24.5 Å². The van der Waals surface area contributed by atoms with E-state index in [2.05, 4.69) is 11.1 Å². The second kappa shape index (κ2) is 7.46. The normalized spacial score (nSPS) is 22.6. The van der Waals surface area contributed by atoms with E-state index in [0.29, 0.717) is 13.1 Å². The third-order valence-electron chi connectivity index (χ3n) is 4.26. The Balaban J connectivity index is 1.57. The van der Waals surface area contributed by atoms with Gasteiger partial charge in [-0.1, -0.05) is 12.2 Å². The topological polar surface area (TPSA) is 71.9 Å². The fourth-order valence-electron chi connectivity index (χ4n) is 2.94. The number of carboxylic acid groups (broad SMARTS) is 1. The van der Waals surface area contributed by atoms with Crippen LogP contribution in [0.1, 0.15) is 24.8 Å². The summed E-state index contributed by atoms with van der Waals surface area (Å²) in [6.45, 7) is 2.67. The van der Waals surface area contributed by atoms with Crippen molar-refractivity contribution in [1.82, 2.24) is 9.88 Å². The fourth-order valence-corrected chi connectivity index (χ4v) is 2.94. The standard InChI is InChI=1S/C17H22N2O4/c20-17(21)19-6-3-13(12-19)1-2-14-9-16(11-18-10-14)23-15-4-7-22-8-5-15/h1-2,9-11,13,15H,3-8,12H2,(H,20,21)/b2-1+/t13-/m0/s1. The quantitative estimate of drug-likeness (QED) is 0.924. The number of pyridine rings is 1. The first-order valence-electron chi connectivity index (χ1n) is 8.06. The summed E-state index contributed by atoms with van der Waals surface area (Å²) in [5.41, 5.74) is 0.975. The Kier molecular flexibility index (Phi) is 5.12. The lowest BCUT2D eigenvalue weighted by Gasteiger charge is -2.23. The molecular weight excluding hydrogens is 296 g/mol. The van der Waals surface area contributed by atoms with Crippen molar-refractivity contribution in [3.8, 4) is 5.75 Å². The van der Waals surface area contributed by atoms with E-state index in [1.54, 1.807) is 12.4 Å². The Morgan fingerprint density at radius 1 is 1.35 bits per heavy atom. The molecule has 6 nitrogen and oxygen atoms in total. The van der Waals surface area contributed by atoms with Crippen LogP contribution in [0.5, 0.6) is 5.75 Å². The van der Waals surface area contributed by atoms with Crippen LogP contribution in [0.3, 0.4) is 0 Å². The molecule has 2 saturated heterocycles. The number of carbonyl (C=O) groups is 1. The van der Waals surface area contributed by atoms with Crippen molar-refractivity contribution in [1.29, 1.82) is 0 Å². The Hall–Kier alpha value is -2.08. The first kappa shape index (κ1) is 15.8. The molecule has 2 aliphatic rings. The maximum atomic E-state index is 10.9. The molecule has 2 aliphatic heterocycles. The highest BCUT2D eigenvalue weighted by atomic mass is 16.5. The van der Waals surface area contributed by atoms with Crippen LogP contribution < -0.4 is 4.74 Å². The summed E-state index contributed by atoms with van der Waals surface area (Å²) in [7, 11) is 0. The van der Waals surface area contributed by atoms with Gasteiger partial charge in [0.1, 0.15) is 11.9 Å². The summed E-state index contributed by atoms with van der Waals surface area (Å²) < 4.78 is 11.3. The van der Waals surface area contributed by atoms with Crippen LogP contribution in [-0.2, 0) is 4.74 Å². The molecular formula is C17H22N2O4. The number of nitrogens with zero attached hydrogens (tertiary/aromatic N) is 2. The third kappa shape index (κ3) is 4.45. The zero-order chi connectivity index (χ0) is 16.1. The minimum atomic E-state index is -0.838. The molecule has 1 amide bonds. The molecule has 6 heteroatoms. The van der Waals surface area contributed by atoms with Crippen molar-refractivity contribution >= 4 is 12.2 Å². The molecule has 0 spiro atoms. The van der Waals surface area contributed by atoms with E-state index >= 15 is 0 Å². The largest absolute Gasteiger partial charge is 0.489 e. The molecule has 1 atom stereocenters. The van der Waals surface area contributed by atoms with Gasteiger partial charge in [0.15, 0.2) is 0 Å². The SMILES string of the molecule is O=C(O)N1CC[C@H](/C=C/c2cncc(OC3CCOCC3)c2)C1. The molecule has 2 fully saturated rings. The summed E-state index contributed by atoms with van der Waals surface area (Å²) >= 11 is 0. The Morgan fingerprint density at radius 2 is 2.17 bits per heavy atom. The summed E-state index contributed by atoms with van der Waals surface area (Å²) in [4.78, 5) is 16.6. The molecule has 1 aromatic heterocycles. The Bertz CT molecular complexity index is 569. The van der Waals surface area contributed by atoms with E-state index in [0.717, 1.165) is 43.8 Å². The zero-order valence-electron chi connectivity index (χ0n) is 13.1. The highest BCUT2D eigenvalue weighted by molar-refractivity contribution is 5.65. The molecule has 1 N–H and O–H groups in total. The fraction of sp³-hybridized carbons (Fsp3) is 0.529. The number of amides is 1. The first-order chi connectivity index (χ1) is 11.2. The summed E-state index contributed by atoms with van der Waals surface area (Å²) in [6.07, 6.45) is 9.64. The van der Waals surface area contributed by atoms with Crippen molar-refractivity contribution in [3.05, 3.63) is 30.1 Å². The molecule has 0 unspecified atom stereocenters. The van der Waals surface area contributed by atoms with Gasteiger partial charge < -0.3 is 19.5 Å². The second-order valence-electron chi connectivity index (χ2n) is 6.02. The van der Waals surface area contributed by atoms with E-state index in [9.17, 15) is 4.79 Å². The molecule has 3 heterocycles. The average Bonchev–Trinajstić information content (AvgIpc) is 3.04. The Morgan fingerprint density at radius 3 is 2.91 bits per heavy atom. The van der Waals surface area contributed by atoms with Gasteiger partial charge in [0.2, 0.25) is 0 Å². The van der Waals surface area contributed by atoms with Gasteiger partial charge >= 0.3 is 6.09 Å².